The molecule has 3 N–H and O–H groups in total. The molecule has 2 amide bonds. The van der Waals surface area contributed by atoms with Crippen molar-refractivity contribution in [1.82, 2.24) is 10.6 Å². The molecule has 1 aromatic carbocycles. The smallest absolute Gasteiger partial charge is 0.255 e. The third kappa shape index (κ3) is 5.27. The molecule has 6 heteroatoms. The highest BCUT2D eigenvalue weighted by Crippen LogP contribution is 2.17. The fourth-order valence-electron chi connectivity index (χ4n) is 1.60. The number of rotatable bonds is 7. The molecule has 20 heavy (non-hydrogen) atoms. The number of hydrogen-bond donors (Lipinski definition) is 3. The Morgan fingerprint density at radius 3 is 2.70 bits per heavy atom. The van der Waals surface area contributed by atoms with E-state index in [2.05, 4.69) is 10.6 Å². The van der Waals surface area contributed by atoms with E-state index in [0.29, 0.717) is 13.2 Å². The summed E-state index contributed by atoms with van der Waals surface area (Å²) in [6.07, 6.45) is 0.183. The first-order valence-corrected chi connectivity index (χ1v) is 6.38. The van der Waals surface area contributed by atoms with E-state index in [1.165, 1.54) is 6.07 Å². The average molecular weight is 280 g/mol. The van der Waals surface area contributed by atoms with Gasteiger partial charge in [0.2, 0.25) is 5.91 Å². The number of nitrogens with one attached hydrogen (secondary N) is 2. The number of aromatic hydroxyl groups is 1. The van der Waals surface area contributed by atoms with E-state index in [4.69, 9.17) is 4.74 Å². The van der Waals surface area contributed by atoms with Crippen LogP contribution >= 0.6 is 0 Å². The molecule has 0 atom stereocenters. The molecular formula is C14H20N2O4. The molecule has 0 bridgehead atoms. The van der Waals surface area contributed by atoms with Crippen molar-refractivity contribution in [3.8, 4) is 5.75 Å². The van der Waals surface area contributed by atoms with Gasteiger partial charge in [0, 0.05) is 26.6 Å². The van der Waals surface area contributed by atoms with Crippen LogP contribution in [0.15, 0.2) is 18.2 Å². The summed E-state index contributed by atoms with van der Waals surface area (Å²) in [6, 6.07) is 4.79. The Labute approximate surface area is 118 Å². The van der Waals surface area contributed by atoms with Gasteiger partial charge in [0.15, 0.2) is 0 Å². The number of carbonyl (C=O) groups is 2. The molecular weight excluding hydrogens is 260 g/mol. The van der Waals surface area contributed by atoms with Crippen LogP contribution in [-0.4, -0.2) is 43.7 Å². The molecule has 0 saturated heterocycles. The summed E-state index contributed by atoms with van der Waals surface area (Å²) >= 11 is 0. The lowest BCUT2D eigenvalue weighted by molar-refractivity contribution is -0.121. The molecule has 0 aliphatic carbocycles. The van der Waals surface area contributed by atoms with Gasteiger partial charge in [0.1, 0.15) is 5.75 Å². The fraction of sp³-hybridized carbons (Fsp3) is 0.429. The lowest BCUT2D eigenvalue weighted by atomic mass is 10.1. The van der Waals surface area contributed by atoms with Crippen LogP contribution in [0.2, 0.25) is 0 Å². The first kappa shape index (κ1) is 16.0. The van der Waals surface area contributed by atoms with Gasteiger partial charge in [0.05, 0.1) is 12.2 Å². The fourth-order valence-corrected chi connectivity index (χ4v) is 1.60. The molecule has 6 nitrogen and oxygen atoms in total. The molecule has 0 fully saturated rings. The van der Waals surface area contributed by atoms with E-state index in [-0.39, 0.29) is 30.2 Å². The minimum absolute atomic E-state index is 0.0716. The molecule has 110 valence electrons. The highest BCUT2D eigenvalue weighted by atomic mass is 16.5. The van der Waals surface area contributed by atoms with Crippen molar-refractivity contribution in [2.75, 3.05) is 26.8 Å². The Morgan fingerprint density at radius 1 is 1.25 bits per heavy atom. The van der Waals surface area contributed by atoms with E-state index in [0.717, 1.165) is 5.56 Å². The number of methoxy groups -OCH3 is 1. The normalized spacial score (nSPS) is 10.1. The Balaban J connectivity index is 2.36. The topological polar surface area (TPSA) is 87.7 Å². The maximum atomic E-state index is 11.8. The van der Waals surface area contributed by atoms with Crippen LogP contribution in [0.25, 0.3) is 0 Å². The molecule has 0 aliphatic heterocycles. The zero-order valence-corrected chi connectivity index (χ0v) is 11.7. The predicted molar refractivity (Wildman–Crippen MR) is 74.7 cm³/mol. The largest absolute Gasteiger partial charge is 0.507 e. The maximum absolute atomic E-state index is 11.8. The minimum atomic E-state index is -0.393. The standard InChI is InChI=1S/C14H20N2O4/c1-10-3-4-12(17)11(9-10)14(19)16-6-5-13(18)15-7-8-20-2/h3-4,9,17H,5-8H2,1-2H3,(H,15,18)(H,16,19). The summed E-state index contributed by atoms with van der Waals surface area (Å²) in [7, 11) is 1.56. The number of carbonyl (C=O) groups excluding carboxylic acids is 2. The zero-order chi connectivity index (χ0) is 15.0. The molecule has 0 heterocycles. The van der Waals surface area contributed by atoms with Crippen LogP contribution in [0.4, 0.5) is 0 Å². The van der Waals surface area contributed by atoms with Crippen LogP contribution in [0.3, 0.4) is 0 Å². The monoisotopic (exact) mass is 280 g/mol. The van der Waals surface area contributed by atoms with E-state index in [1.54, 1.807) is 19.2 Å². The van der Waals surface area contributed by atoms with Gasteiger partial charge >= 0.3 is 0 Å². The lowest BCUT2D eigenvalue weighted by Gasteiger charge is -2.08. The molecule has 0 aliphatic rings. The molecule has 0 aromatic heterocycles. The SMILES string of the molecule is COCCNC(=O)CCNC(=O)c1cc(C)ccc1O. The van der Waals surface area contributed by atoms with Crippen LogP contribution in [0, 0.1) is 6.92 Å². The molecule has 0 unspecified atom stereocenters. The summed E-state index contributed by atoms with van der Waals surface area (Å²) < 4.78 is 4.80. The Kier molecular flexibility index (Phi) is 6.52. The van der Waals surface area contributed by atoms with Crippen molar-refractivity contribution >= 4 is 11.8 Å². The van der Waals surface area contributed by atoms with Crippen LogP contribution < -0.4 is 10.6 Å². The first-order valence-electron chi connectivity index (χ1n) is 6.38. The number of phenols is 1. The Morgan fingerprint density at radius 2 is 2.00 bits per heavy atom. The summed E-state index contributed by atoms with van der Waals surface area (Å²) in [6.45, 7) is 2.95. The molecule has 0 radical (unpaired) electrons. The second-order valence-corrected chi connectivity index (χ2v) is 4.37. The number of phenolic OH excluding ortho intramolecular Hbond substituents is 1. The van der Waals surface area contributed by atoms with E-state index in [1.807, 2.05) is 6.92 Å². The van der Waals surface area contributed by atoms with Gasteiger partial charge in [-0.15, -0.1) is 0 Å². The van der Waals surface area contributed by atoms with Crippen molar-refractivity contribution in [3.05, 3.63) is 29.3 Å². The van der Waals surface area contributed by atoms with E-state index < -0.39 is 5.91 Å². The molecule has 1 rings (SSSR count). The van der Waals surface area contributed by atoms with Crippen molar-refractivity contribution in [1.29, 1.82) is 0 Å². The van der Waals surface area contributed by atoms with Crippen molar-refractivity contribution < 1.29 is 19.4 Å². The van der Waals surface area contributed by atoms with Gasteiger partial charge in [-0.05, 0) is 19.1 Å². The van der Waals surface area contributed by atoms with E-state index >= 15 is 0 Å². The number of amides is 2. The highest BCUT2D eigenvalue weighted by Gasteiger charge is 2.11. The minimum Gasteiger partial charge on any atom is -0.507 e. The molecule has 0 spiro atoms. The maximum Gasteiger partial charge on any atom is 0.255 e. The van der Waals surface area contributed by atoms with E-state index in [9.17, 15) is 14.7 Å². The Bertz CT molecular complexity index is 474. The summed E-state index contributed by atoms with van der Waals surface area (Å²) in [5.74, 6) is -0.621. The second kappa shape index (κ2) is 8.16. The third-order valence-electron chi connectivity index (χ3n) is 2.66. The molecule has 1 aromatic rings. The van der Waals surface area contributed by atoms with Crippen LogP contribution in [-0.2, 0) is 9.53 Å². The number of hydrogen-bond acceptors (Lipinski definition) is 4. The average Bonchev–Trinajstić information content (AvgIpc) is 2.41. The summed E-state index contributed by atoms with van der Waals surface area (Å²) in [4.78, 5) is 23.2. The summed E-state index contributed by atoms with van der Waals surface area (Å²) in [5.41, 5.74) is 1.09. The predicted octanol–water partition coefficient (Wildman–Crippen LogP) is 0.583. The van der Waals surface area contributed by atoms with Crippen molar-refractivity contribution in [2.24, 2.45) is 0 Å². The van der Waals surface area contributed by atoms with Gasteiger partial charge in [0.25, 0.3) is 5.91 Å². The number of aryl methyl sites for hydroxylation is 1. The van der Waals surface area contributed by atoms with Gasteiger partial charge in [-0.1, -0.05) is 11.6 Å². The molecule has 0 saturated carbocycles. The van der Waals surface area contributed by atoms with Gasteiger partial charge in [-0.2, -0.15) is 0 Å². The first-order chi connectivity index (χ1) is 9.54. The van der Waals surface area contributed by atoms with Crippen LogP contribution in [0.1, 0.15) is 22.3 Å². The Hall–Kier alpha value is -2.08. The van der Waals surface area contributed by atoms with Gasteiger partial charge < -0.3 is 20.5 Å². The van der Waals surface area contributed by atoms with Gasteiger partial charge in [-0.3, -0.25) is 9.59 Å². The lowest BCUT2D eigenvalue weighted by Crippen LogP contribution is -2.32. The quantitative estimate of drug-likeness (QED) is 0.638. The van der Waals surface area contributed by atoms with Crippen molar-refractivity contribution in [2.45, 2.75) is 13.3 Å². The van der Waals surface area contributed by atoms with Gasteiger partial charge in [-0.25, -0.2) is 0 Å². The zero-order valence-electron chi connectivity index (χ0n) is 11.7. The summed E-state index contributed by atoms with van der Waals surface area (Å²) in [5, 5.41) is 14.9. The number of ether oxygens (including phenoxy) is 1. The number of benzene rings is 1. The highest BCUT2D eigenvalue weighted by molar-refractivity contribution is 5.97. The van der Waals surface area contributed by atoms with Crippen LogP contribution in [0.5, 0.6) is 5.75 Å². The third-order valence-corrected chi connectivity index (χ3v) is 2.66. The van der Waals surface area contributed by atoms with Crippen molar-refractivity contribution in [3.63, 3.8) is 0 Å². The second-order valence-electron chi connectivity index (χ2n) is 4.37.